The van der Waals surface area contributed by atoms with Gasteiger partial charge in [-0.1, -0.05) is 0 Å². The van der Waals surface area contributed by atoms with Crippen molar-refractivity contribution in [3.05, 3.63) is 0 Å². The summed E-state index contributed by atoms with van der Waals surface area (Å²) in [5.41, 5.74) is 0.519. The molecule has 15 heavy (non-hydrogen) atoms. The zero-order valence-corrected chi connectivity index (χ0v) is 9.43. The van der Waals surface area contributed by atoms with Gasteiger partial charge in [-0.3, -0.25) is 0 Å². The maximum atomic E-state index is 5.41. The van der Waals surface area contributed by atoms with E-state index in [0.717, 1.165) is 25.2 Å². The Labute approximate surface area is 91.9 Å². The summed E-state index contributed by atoms with van der Waals surface area (Å²) < 4.78 is 5.41. The minimum atomic E-state index is 0.519. The first-order chi connectivity index (χ1) is 7.39. The lowest BCUT2D eigenvalue weighted by molar-refractivity contribution is 0.0709. The Bertz CT molecular complexity index is 216. The summed E-state index contributed by atoms with van der Waals surface area (Å²) >= 11 is 0. The molecule has 0 aromatic rings. The van der Waals surface area contributed by atoms with Crippen molar-refractivity contribution < 1.29 is 4.74 Å². The Kier molecular flexibility index (Phi) is 2.71. The van der Waals surface area contributed by atoms with E-state index in [9.17, 15) is 0 Å². The molecular weight excluding hydrogens is 188 g/mol. The highest BCUT2D eigenvalue weighted by Gasteiger charge is 2.50. The average Bonchev–Trinajstić information content (AvgIpc) is 2.84. The number of nitrogens with one attached hydrogen (secondary N) is 2. The monoisotopic (exact) mass is 210 g/mol. The van der Waals surface area contributed by atoms with Crippen molar-refractivity contribution in [1.29, 1.82) is 0 Å². The molecule has 0 bridgehead atoms. The van der Waals surface area contributed by atoms with Crippen LogP contribution >= 0.6 is 0 Å². The van der Waals surface area contributed by atoms with Crippen molar-refractivity contribution in [3.63, 3.8) is 0 Å². The van der Waals surface area contributed by atoms with Gasteiger partial charge in [-0.05, 0) is 51.1 Å². The predicted molar refractivity (Wildman–Crippen MR) is 59.9 cm³/mol. The smallest absolute Gasteiger partial charge is 0.0480 e. The first-order valence-electron chi connectivity index (χ1n) is 6.45. The summed E-state index contributed by atoms with van der Waals surface area (Å²) in [7, 11) is 0. The van der Waals surface area contributed by atoms with Crippen LogP contribution in [0.4, 0.5) is 0 Å². The SMILES string of the molecule is C1CC(C2(NC3CCOCC3)CC2)CN1. The van der Waals surface area contributed by atoms with E-state index in [4.69, 9.17) is 4.74 Å². The van der Waals surface area contributed by atoms with Crippen molar-refractivity contribution in [3.8, 4) is 0 Å². The average molecular weight is 210 g/mol. The van der Waals surface area contributed by atoms with Gasteiger partial charge in [-0.2, -0.15) is 0 Å². The summed E-state index contributed by atoms with van der Waals surface area (Å²) in [5.74, 6) is 0.889. The summed E-state index contributed by atoms with van der Waals surface area (Å²) in [6.45, 7) is 4.37. The lowest BCUT2D eigenvalue weighted by atomic mass is 9.94. The molecule has 2 N–H and O–H groups in total. The third-order valence-electron chi connectivity index (χ3n) is 4.34. The zero-order valence-electron chi connectivity index (χ0n) is 9.43. The number of ether oxygens (including phenoxy) is 1. The van der Waals surface area contributed by atoms with E-state index in [1.54, 1.807) is 0 Å². The summed E-state index contributed by atoms with van der Waals surface area (Å²) in [6.07, 6.45) is 6.59. The fourth-order valence-corrected chi connectivity index (χ4v) is 3.18. The number of hydrogen-bond donors (Lipinski definition) is 2. The second kappa shape index (κ2) is 4.04. The molecule has 86 valence electrons. The van der Waals surface area contributed by atoms with Gasteiger partial charge in [-0.25, -0.2) is 0 Å². The van der Waals surface area contributed by atoms with Crippen LogP contribution in [0.2, 0.25) is 0 Å². The Hall–Kier alpha value is -0.120. The molecule has 3 heteroatoms. The molecule has 0 radical (unpaired) electrons. The molecule has 1 saturated carbocycles. The van der Waals surface area contributed by atoms with Crippen LogP contribution in [0.15, 0.2) is 0 Å². The molecule has 0 amide bonds. The van der Waals surface area contributed by atoms with Gasteiger partial charge in [-0.15, -0.1) is 0 Å². The molecule has 1 unspecified atom stereocenters. The van der Waals surface area contributed by atoms with Crippen molar-refractivity contribution in [2.45, 2.75) is 43.7 Å². The van der Waals surface area contributed by atoms with Crippen molar-refractivity contribution in [2.24, 2.45) is 5.92 Å². The predicted octanol–water partition coefficient (Wildman–Crippen LogP) is 0.897. The highest BCUT2D eigenvalue weighted by atomic mass is 16.5. The van der Waals surface area contributed by atoms with E-state index in [0.29, 0.717) is 5.54 Å². The highest BCUT2D eigenvalue weighted by molar-refractivity contribution is 5.09. The first kappa shape index (κ1) is 10.1. The quantitative estimate of drug-likeness (QED) is 0.726. The van der Waals surface area contributed by atoms with Gasteiger partial charge < -0.3 is 15.4 Å². The third kappa shape index (κ3) is 2.05. The van der Waals surface area contributed by atoms with Crippen molar-refractivity contribution >= 4 is 0 Å². The minimum Gasteiger partial charge on any atom is -0.381 e. The fourth-order valence-electron chi connectivity index (χ4n) is 3.18. The summed E-state index contributed by atoms with van der Waals surface area (Å²) in [6, 6.07) is 0.724. The molecule has 1 aliphatic carbocycles. The Morgan fingerprint density at radius 3 is 2.53 bits per heavy atom. The highest BCUT2D eigenvalue weighted by Crippen LogP contribution is 2.45. The van der Waals surface area contributed by atoms with Crippen LogP contribution in [0.3, 0.4) is 0 Å². The molecule has 2 saturated heterocycles. The molecule has 2 aliphatic heterocycles. The Morgan fingerprint density at radius 1 is 1.13 bits per heavy atom. The van der Waals surface area contributed by atoms with E-state index in [1.807, 2.05) is 0 Å². The molecule has 0 spiro atoms. The van der Waals surface area contributed by atoms with Crippen LogP contribution in [-0.2, 0) is 4.74 Å². The van der Waals surface area contributed by atoms with E-state index in [1.165, 1.54) is 45.2 Å². The van der Waals surface area contributed by atoms with E-state index < -0.39 is 0 Å². The van der Waals surface area contributed by atoms with Gasteiger partial charge >= 0.3 is 0 Å². The Morgan fingerprint density at radius 2 is 1.93 bits per heavy atom. The molecule has 3 nitrogen and oxygen atoms in total. The van der Waals surface area contributed by atoms with E-state index in [2.05, 4.69) is 10.6 Å². The number of hydrogen-bond acceptors (Lipinski definition) is 3. The molecule has 2 heterocycles. The third-order valence-corrected chi connectivity index (χ3v) is 4.34. The maximum absolute atomic E-state index is 5.41. The largest absolute Gasteiger partial charge is 0.381 e. The van der Waals surface area contributed by atoms with Crippen LogP contribution in [0.5, 0.6) is 0 Å². The molecule has 0 aromatic carbocycles. The zero-order chi connectivity index (χ0) is 10.1. The van der Waals surface area contributed by atoms with Crippen LogP contribution < -0.4 is 10.6 Å². The van der Waals surface area contributed by atoms with Gasteiger partial charge in [0.25, 0.3) is 0 Å². The van der Waals surface area contributed by atoms with E-state index >= 15 is 0 Å². The molecule has 0 aromatic heterocycles. The second-order valence-corrected chi connectivity index (χ2v) is 5.38. The first-order valence-corrected chi connectivity index (χ1v) is 6.45. The number of rotatable bonds is 3. The molecule has 3 aliphatic rings. The van der Waals surface area contributed by atoms with Crippen LogP contribution in [-0.4, -0.2) is 37.9 Å². The van der Waals surface area contributed by atoms with Crippen LogP contribution in [0.25, 0.3) is 0 Å². The fraction of sp³-hybridized carbons (Fsp3) is 1.00. The second-order valence-electron chi connectivity index (χ2n) is 5.38. The minimum absolute atomic E-state index is 0.519. The van der Waals surface area contributed by atoms with Gasteiger partial charge in [0.2, 0.25) is 0 Å². The van der Waals surface area contributed by atoms with Crippen LogP contribution in [0.1, 0.15) is 32.1 Å². The van der Waals surface area contributed by atoms with Gasteiger partial charge in [0.15, 0.2) is 0 Å². The van der Waals surface area contributed by atoms with Crippen molar-refractivity contribution in [2.75, 3.05) is 26.3 Å². The molecular formula is C12H22N2O. The lowest BCUT2D eigenvalue weighted by Gasteiger charge is -2.31. The van der Waals surface area contributed by atoms with Gasteiger partial charge in [0, 0.05) is 24.8 Å². The lowest BCUT2D eigenvalue weighted by Crippen LogP contribution is -2.47. The van der Waals surface area contributed by atoms with E-state index in [-0.39, 0.29) is 0 Å². The van der Waals surface area contributed by atoms with Crippen molar-refractivity contribution in [1.82, 2.24) is 10.6 Å². The maximum Gasteiger partial charge on any atom is 0.0480 e. The Balaban J connectivity index is 1.56. The van der Waals surface area contributed by atoms with Gasteiger partial charge in [0.05, 0.1) is 0 Å². The standard InChI is InChI=1S/C12H22N2O/c1-6-13-9-10(1)12(4-5-12)14-11-2-7-15-8-3-11/h10-11,13-14H,1-9H2. The van der Waals surface area contributed by atoms with Gasteiger partial charge in [0.1, 0.15) is 0 Å². The molecule has 3 fully saturated rings. The van der Waals surface area contributed by atoms with Crippen LogP contribution in [0, 0.1) is 5.92 Å². The molecule has 1 atom stereocenters. The topological polar surface area (TPSA) is 33.3 Å². The normalized spacial score (nSPS) is 35.6. The summed E-state index contributed by atoms with van der Waals surface area (Å²) in [4.78, 5) is 0. The molecule has 3 rings (SSSR count). The summed E-state index contributed by atoms with van der Waals surface area (Å²) in [5, 5.41) is 7.42.